The van der Waals surface area contributed by atoms with Crippen molar-refractivity contribution in [2.75, 3.05) is 6.54 Å². The number of nitrogens with zero attached hydrogens (tertiary/aromatic N) is 4. The van der Waals surface area contributed by atoms with Crippen LogP contribution in [0.25, 0.3) is 17.2 Å². The highest BCUT2D eigenvalue weighted by Gasteiger charge is 2.25. The van der Waals surface area contributed by atoms with E-state index < -0.39 is 0 Å². The van der Waals surface area contributed by atoms with Gasteiger partial charge < -0.3 is 9.88 Å². The summed E-state index contributed by atoms with van der Waals surface area (Å²) in [6.07, 6.45) is 6.90. The van der Waals surface area contributed by atoms with Crippen molar-refractivity contribution in [2.24, 2.45) is 0 Å². The molecule has 0 spiro atoms. The van der Waals surface area contributed by atoms with Crippen molar-refractivity contribution in [3.63, 3.8) is 0 Å². The van der Waals surface area contributed by atoms with E-state index in [1.54, 1.807) is 0 Å². The van der Waals surface area contributed by atoms with Crippen LogP contribution in [0.1, 0.15) is 50.3 Å². The molecule has 0 fully saturated rings. The Bertz CT molecular complexity index is 1070. The standard InChI is InChI=1S/C22H27N5O2/c1-2-3-4-8-14-23-19(28)15-26-18-13-9-12-17(18)21(29)27-22(26)24-20(25-27)16-10-6-5-7-11-16/h5-7,10-11H,2-4,8-9,12-15H2,1H3,(H,23,28). The predicted molar refractivity (Wildman–Crippen MR) is 112 cm³/mol. The van der Waals surface area contributed by atoms with Gasteiger partial charge in [-0.1, -0.05) is 56.5 Å². The van der Waals surface area contributed by atoms with Gasteiger partial charge in [-0.05, 0) is 25.7 Å². The summed E-state index contributed by atoms with van der Waals surface area (Å²) in [5.74, 6) is 0.890. The van der Waals surface area contributed by atoms with Gasteiger partial charge in [0.15, 0.2) is 5.82 Å². The van der Waals surface area contributed by atoms with E-state index in [0.717, 1.165) is 48.9 Å². The van der Waals surface area contributed by atoms with E-state index in [2.05, 4.69) is 22.3 Å². The zero-order chi connectivity index (χ0) is 20.2. The quantitative estimate of drug-likeness (QED) is 0.597. The van der Waals surface area contributed by atoms with Crippen LogP contribution in [0.2, 0.25) is 0 Å². The third-order valence-electron chi connectivity index (χ3n) is 5.48. The van der Waals surface area contributed by atoms with Crippen molar-refractivity contribution in [3.8, 4) is 11.4 Å². The van der Waals surface area contributed by atoms with E-state index in [9.17, 15) is 9.59 Å². The van der Waals surface area contributed by atoms with Crippen LogP contribution >= 0.6 is 0 Å². The average molecular weight is 393 g/mol. The van der Waals surface area contributed by atoms with Crippen LogP contribution in [0.5, 0.6) is 0 Å². The van der Waals surface area contributed by atoms with Crippen LogP contribution in [-0.4, -0.2) is 31.6 Å². The number of unbranched alkanes of at least 4 members (excludes halogenated alkanes) is 3. The van der Waals surface area contributed by atoms with E-state index in [0.29, 0.717) is 18.1 Å². The average Bonchev–Trinajstić information content (AvgIpc) is 3.40. The van der Waals surface area contributed by atoms with E-state index in [1.807, 2.05) is 34.9 Å². The molecule has 1 aliphatic rings. The molecular formula is C22H27N5O2. The van der Waals surface area contributed by atoms with Gasteiger partial charge in [0, 0.05) is 23.4 Å². The Balaban J connectivity index is 1.65. The number of fused-ring (bicyclic) bond motifs is 2. The van der Waals surface area contributed by atoms with Crippen LogP contribution < -0.4 is 10.9 Å². The van der Waals surface area contributed by atoms with Crippen LogP contribution in [0, 0.1) is 0 Å². The maximum Gasteiger partial charge on any atom is 0.279 e. The third-order valence-corrected chi connectivity index (χ3v) is 5.48. The summed E-state index contributed by atoms with van der Waals surface area (Å²) in [5.41, 5.74) is 2.43. The van der Waals surface area contributed by atoms with E-state index in [4.69, 9.17) is 0 Å². The van der Waals surface area contributed by atoms with Crippen LogP contribution in [0.4, 0.5) is 0 Å². The first-order valence-corrected chi connectivity index (χ1v) is 10.5. The summed E-state index contributed by atoms with van der Waals surface area (Å²) in [7, 11) is 0. The van der Waals surface area contributed by atoms with E-state index in [1.165, 1.54) is 17.4 Å². The maximum absolute atomic E-state index is 12.9. The summed E-state index contributed by atoms with van der Waals surface area (Å²) < 4.78 is 3.24. The molecule has 7 heteroatoms. The number of aromatic nitrogens is 4. The van der Waals surface area contributed by atoms with Crippen LogP contribution in [-0.2, 0) is 24.2 Å². The number of rotatable bonds is 8. The van der Waals surface area contributed by atoms with Gasteiger partial charge in [-0.3, -0.25) is 9.59 Å². The highest BCUT2D eigenvalue weighted by atomic mass is 16.2. The molecule has 1 aromatic carbocycles. The fourth-order valence-corrected chi connectivity index (χ4v) is 3.97. The Morgan fingerprint density at radius 1 is 1.14 bits per heavy atom. The van der Waals surface area contributed by atoms with Gasteiger partial charge in [-0.15, -0.1) is 5.10 Å². The fraction of sp³-hybridized carbons (Fsp3) is 0.455. The molecule has 1 N–H and O–H groups in total. The topological polar surface area (TPSA) is 81.3 Å². The summed E-state index contributed by atoms with van der Waals surface area (Å²) in [6, 6.07) is 9.59. The van der Waals surface area contributed by atoms with Crippen molar-refractivity contribution in [1.29, 1.82) is 0 Å². The molecule has 2 heterocycles. The molecule has 0 atom stereocenters. The second kappa shape index (κ2) is 8.59. The summed E-state index contributed by atoms with van der Waals surface area (Å²) in [4.78, 5) is 30.1. The Morgan fingerprint density at radius 2 is 1.97 bits per heavy atom. The van der Waals surface area contributed by atoms with Gasteiger partial charge in [0.2, 0.25) is 11.7 Å². The Labute approximate surface area is 169 Å². The van der Waals surface area contributed by atoms with E-state index in [-0.39, 0.29) is 18.0 Å². The van der Waals surface area contributed by atoms with Gasteiger partial charge in [0.05, 0.1) is 0 Å². The van der Waals surface area contributed by atoms with Gasteiger partial charge in [0.1, 0.15) is 6.54 Å². The molecule has 0 saturated heterocycles. The first kappa shape index (κ1) is 19.4. The number of hydrogen-bond acceptors (Lipinski definition) is 4. The molecule has 0 saturated carbocycles. The van der Waals surface area contributed by atoms with Crippen molar-refractivity contribution in [3.05, 3.63) is 51.9 Å². The molecule has 0 unspecified atom stereocenters. The highest BCUT2D eigenvalue weighted by molar-refractivity contribution is 5.76. The second-order valence-corrected chi connectivity index (χ2v) is 7.59. The third kappa shape index (κ3) is 3.95. The Hall–Kier alpha value is -2.96. The molecule has 7 nitrogen and oxygen atoms in total. The number of nitrogens with one attached hydrogen (secondary N) is 1. The molecule has 4 rings (SSSR count). The molecule has 1 amide bonds. The molecule has 3 aromatic rings. The molecule has 0 radical (unpaired) electrons. The molecular weight excluding hydrogens is 366 g/mol. The van der Waals surface area contributed by atoms with Gasteiger partial charge >= 0.3 is 0 Å². The summed E-state index contributed by atoms with van der Waals surface area (Å²) >= 11 is 0. The zero-order valence-corrected chi connectivity index (χ0v) is 16.9. The second-order valence-electron chi connectivity index (χ2n) is 7.59. The number of amides is 1. The normalized spacial score (nSPS) is 13.0. The highest BCUT2D eigenvalue weighted by Crippen LogP contribution is 2.22. The van der Waals surface area contributed by atoms with Crippen molar-refractivity contribution in [1.82, 2.24) is 24.5 Å². The maximum atomic E-state index is 12.9. The lowest BCUT2D eigenvalue weighted by molar-refractivity contribution is -0.121. The van der Waals surface area contributed by atoms with Gasteiger partial charge in [-0.2, -0.15) is 9.50 Å². The molecule has 29 heavy (non-hydrogen) atoms. The lowest BCUT2D eigenvalue weighted by Gasteiger charge is -2.13. The van der Waals surface area contributed by atoms with E-state index >= 15 is 0 Å². The van der Waals surface area contributed by atoms with Crippen molar-refractivity contribution >= 4 is 11.7 Å². The lowest BCUT2D eigenvalue weighted by atomic mass is 10.2. The minimum Gasteiger partial charge on any atom is -0.355 e. The van der Waals surface area contributed by atoms with Crippen molar-refractivity contribution < 1.29 is 4.79 Å². The smallest absolute Gasteiger partial charge is 0.279 e. The largest absolute Gasteiger partial charge is 0.355 e. The van der Waals surface area contributed by atoms with Gasteiger partial charge in [0.25, 0.3) is 5.56 Å². The first-order chi connectivity index (χ1) is 14.2. The number of benzene rings is 1. The van der Waals surface area contributed by atoms with Crippen molar-refractivity contribution in [2.45, 2.75) is 58.4 Å². The molecule has 152 valence electrons. The fourth-order valence-electron chi connectivity index (χ4n) is 3.97. The minimum absolute atomic E-state index is 0.0505. The Kier molecular flexibility index (Phi) is 5.74. The summed E-state index contributed by atoms with van der Waals surface area (Å²) in [6.45, 7) is 3.01. The van der Waals surface area contributed by atoms with Crippen LogP contribution in [0.15, 0.2) is 35.1 Å². The number of carbonyl (C=O) groups is 1. The zero-order valence-electron chi connectivity index (χ0n) is 16.9. The monoisotopic (exact) mass is 393 g/mol. The minimum atomic E-state index is -0.113. The molecule has 0 aliphatic heterocycles. The molecule has 0 bridgehead atoms. The first-order valence-electron chi connectivity index (χ1n) is 10.5. The Morgan fingerprint density at radius 3 is 2.76 bits per heavy atom. The number of hydrogen-bond donors (Lipinski definition) is 1. The van der Waals surface area contributed by atoms with Crippen LogP contribution in [0.3, 0.4) is 0 Å². The SMILES string of the molecule is CCCCCCNC(=O)Cn1c2c(c(=O)n3nc(-c4ccccc4)nc13)CCC2. The molecule has 2 aromatic heterocycles. The van der Waals surface area contributed by atoms with Gasteiger partial charge in [-0.25, -0.2) is 0 Å². The lowest BCUT2D eigenvalue weighted by Crippen LogP contribution is -2.32. The number of carbonyl (C=O) groups excluding carboxylic acids is 1. The molecule has 1 aliphatic carbocycles. The predicted octanol–water partition coefficient (Wildman–Crippen LogP) is 2.74. The summed E-state index contributed by atoms with van der Waals surface area (Å²) in [5, 5.41) is 7.47.